The molecule has 4 nitrogen and oxygen atoms in total. The Hall–Kier alpha value is -0.950. The summed E-state index contributed by atoms with van der Waals surface area (Å²) in [6.45, 7) is 5.56. The Labute approximate surface area is 108 Å². The van der Waals surface area contributed by atoms with E-state index in [2.05, 4.69) is 39.5 Å². The van der Waals surface area contributed by atoms with Crippen molar-refractivity contribution in [1.29, 1.82) is 0 Å². The van der Waals surface area contributed by atoms with Gasteiger partial charge in [0.2, 0.25) is 0 Å². The van der Waals surface area contributed by atoms with Gasteiger partial charge >= 0.3 is 0 Å². The van der Waals surface area contributed by atoms with Crippen molar-refractivity contribution in [1.82, 2.24) is 4.98 Å². The molecule has 86 valence electrons. The van der Waals surface area contributed by atoms with E-state index < -0.39 is 6.10 Å². The average Bonchev–Trinajstić information content (AvgIpc) is 2.28. The summed E-state index contributed by atoms with van der Waals surface area (Å²) in [5.74, 6) is 0.348. The third-order valence-electron chi connectivity index (χ3n) is 1.83. The highest BCUT2D eigenvalue weighted by Crippen LogP contribution is 2.14. The van der Waals surface area contributed by atoms with Gasteiger partial charge in [0.05, 0.1) is 10.2 Å². The van der Waals surface area contributed by atoms with Gasteiger partial charge in [-0.1, -0.05) is 6.08 Å². The molecule has 1 rings (SSSR count). The van der Waals surface area contributed by atoms with Crippen LogP contribution in [0.2, 0.25) is 0 Å². The second-order valence-corrected chi connectivity index (χ2v) is 4.25. The van der Waals surface area contributed by atoms with E-state index in [1.165, 1.54) is 0 Å². The molecule has 0 spiro atoms. The van der Waals surface area contributed by atoms with E-state index in [4.69, 9.17) is 4.74 Å². The maximum Gasteiger partial charge on any atom is 0.254 e. The van der Waals surface area contributed by atoms with Gasteiger partial charge in [0, 0.05) is 6.20 Å². The second kappa shape index (κ2) is 6.59. The number of nitrogens with one attached hydrogen (secondary N) is 1. The molecule has 16 heavy (non-hydrogen) atoms. The lowest BCUT2D eigenvalue weighted by atomic mass is 10.3. The SMILES string of the molecule is C=CCO[C@H](C)C(=O)Nc1ncccc1I. The first kappa shape index (κ1) is 13.1. The van der Waals surface area contributed by atoms with E-state index in [0.29, 0.717) is 12.4 Å². The van der Waals surface area contributed by atoms with E-state index in [9.17, 15) is 4.79 Å². The monoisotopic (exact) mass is 332 g/mol. The molecular formula is C11H13IN2O2. The molecule has 1 aromatic rings. The van der Waals surface area contributed by atoms with Crippen molar-refractivity contribution in [3.8, 4) is 0 Å². The zero-order valence-electron chi connectivity index (χ0n) is 8.94. The minimum absolute atomic E-state index is 0.210. The van der Waals surface area contributed by atoms with Gasteiger partial charge in [-0.3, -0.25) is 4.79 Å². The van der Waals surface area contributed by atoms with Crippen molar-refractivity contribution >= 4 is 34.3 Å². The quantitative estimate of drug-likeness (QED) is 0.664. The molecule has 0 aromatic carbocycles. The van der Waals surface area contributed by atoms with Crippen LogP contribution in [-0.4, -0.2) is 23.6 Å². The summed E-state index contributed by atoms with van der Waals surface area (Å²) in [5, 5.41) is 2.70. The number of hydrogen-bond acceptors (Lipinski definition) is 3. The van der Waals surface area contributed by atoms with E-state index >= 15 is 0 Å². The van der Waals surface area contributed by atoms with Crippen LogP contribution in [0.5, 0.6) is 0 Å². The minimum atomic E-state index is -0.518. The standard InChI is InChI=1S/C11H13IN2O2/c1-3-7-16-8(2)11(15)14-10-9(12)5-4-6-13-10/h3-6,8H,1,7H2,2H3,(H,13,14,15)/t8-/m1/s1. The van der Waals surface area contributed by atoms with E-state index in [-0.39, 0.29) is 5.91 Å². The first-order valence-corrected chi connectivity index (χ1v) is 5.87. The molecule has 0 bridgehead atoms. The number of aromatic nitrogens is 1. The molecule has 1 atom stereocenters. The van der Waals surface area contributed by atoms with Crippen LogP contribution >= 0.6 is 22.6 Å². The van der Waals surface area contributed by atoms with E-state index in [0.717, 1.165) is 3.57 Å². The van der Waals surface area contributed by atoms with Gasteiger partial charge in [-0.15, -0.1) is 6.58 Å². The highest BCUT2D eigenvalue weighted by atomic mass is 127. The summed E-state index contributed by atoms with van der Waals surface area (Å²) in [5.41, 5.74) is 0. The van der Waals surface area contributed by atoms with Gasteiger partial charge in [-0.2, -0.15) is 0 Å². The predicted octanol–water partition coefficient (Wildman–Crippen LogP) is 2.22. The van der Waals surface area contributed by atoms with Crippen LogP contribution in [-0.2, 0) is 9.53 Å². The Morgan fingerprint density at radius 2 is 2.56 bits per heavy atom. The fourth-order valence-electron chi connectivity index (χ4n) is 0.984. The fourth-order valence-corrected chi connectivity index (χ4v) is 1.47. The van der Waals surface area contributed by atoms with Crippen LogP contribution in [0, 0.1) is 3.57 Å². The summed E-state index contributed by atoms with van der Waals surface area (Å²) in [6.07, 6.45) is 2.72. The first-order chi connectivity index (χ1) is 7.65. The molecule has 1 amide bonds. The predicted molar refractivity (Wildman–Crippen MR) is 71.2 cm³/mol. The Morgan fingerprint density at radius 1 is 1.81 bits per heavy atom. The third kappa shape index (κ3) is 3.90. The molecule has 0 aliphatic heterocycles. The first-order valence-electron chi connectivity index (χ1n) is 4.79. The van der Waals surface area contributed by atoms with Crippen molar-refractivity contribution in [3.63, 3.8) is 0 Å². The summed E-state index contributed by atoms with van der Waals surface area (Å²) in [4.78, 5) is 15.7. The Morgan fingerprint density at radius 3 is 3.19 bits per heavy atom. The Balaban J connectivity index is 2.57. The van der Waals surface area contributed by atoms with Crippen molar-refractivity contribution in [3.05, 3.63) is 34.6 Å². The normalized spacial score (nSPS) is 11.9. The topological polar surface area (TPSA) is 51.2 Å². The molecule has 1 aromatic heterocycles. The number of rotatable bonds is 5. The maximum atomic E-state index is 11.7. The van der Waals surface area contributed by atoms with Gasteiger partial charge in [-0.25, -0.2) is 4.98 Å². The van der Waals surface area contributed by atoms with Crippen LogP contribution in [0.25, 0.3) is 0 Å². The van der Waals surface area contributed by atoms with Gasteiger partial charge in [0.15, 0.2) is 0 Å². The molecule has 0 unspecified atom stereocenters. The number of hydrogen-bond donors (Lipinski definition) is 1. The lowest BCUT2D eigenvalue weighted by Crippen LogP contribution is -2.28. The highest BCUT2D eigenvalue weighted by Gasteiger charge is 2.14. The van der Waals surface area contributed by atoms with Crippen LogP contribution in [0.4, 0.5) is 5.82 Å². The van der Waals surface area contributed by atoms with Gasteiger partial charge < -0.3 is 10.1 Å². The molecule has 0 saturated heterocycles. The zero-order valence-corrected chi connectivity index (χ0v) is 11.1. The lowest BCUT2D eigenvalue weighted by Gasteiger charge is -2.12. The van der Waals surface area contributed by atoms with Gasteiger partial charge in [0.1, 0.15) is 11.9 Å². The molecule has 0 saturated carbocycles. The number of amides is 1. The molecule has 0 radical (unpaired) electrons. The number of nitrogens with zero attached hydrogens (tertiary/aromatic N) is 1. The zero-order chi connectivity index (χ0) is 12.0. The lowest BCUT2D eigenvalue weighted by molar-refractivity contribution is -0.125. The van der Waals surface area contributed by atoms with Crippen LogP contribution in [0.3, 0.4) is 0 Å². The molecule has 1 heterocycles. The summed E-state index contributed by atoms with van der Waals surface area (Å²) in [6, 6.07) is 3.69. The van der Waals surface area contributed by atoms with E-state index in [1.54, 1.807) is 19.2 Å². The van der Waals surface area contributed by atoms with Gasteiger partial charge in [0.25, 0.3) is 5.91 Å². The largest absolute Gasteiger partial charge is 0.365 e. The molecule has 0 fully saturated rings. The average molecular weight is 332 g/mol. The molecule has 0 aliphatic carbocycles. The van der Waals surface area contributed by atoms with Crippen molar-refractivity contribution in [2.24, 2.45) is 0 Å². The number of halogens is 1. The maximum absolute atomic E-state index is 11.7. The van der Waals surface area contributed by atoms with Crippen molar-refractivity contribution in [2.45, 2.75) is 13.0 Å². The number of pyridine rings is 1. The summed E-state index contributed by atoms with van der Waals surface area (Å²) in [7, 11) is 0. The fraction of sp³-hybridized carbons (Fsp3) is 0.273. The summed E-state index contributed by atoms with van der Waals surface area (Å²) < 4.78 is 6.10. The Kier molecular flexibility index (Phi) is 5.41. The summed E-state index contributed by atoms with van der Waals surface area (Å²) >= 11 is 2.11. The second-order valence-electron chi connectivity index (χ2n) is 3.09. The number of ether oxygens (including phenoxy) is 1. The smallest absolute Gasteiger partial charge is 0.254 e. The molecule has 1 N–H and O–H groups in total. The van der Waals surface area contributed by atoms with Crippen LogP contribution in [0.15, 0.2) is 31.0 Å². The number of anilines is 1. The Bertz CT molecular complexity index is 382. The van der Waals surface area contributed by atoms with Crippen molar-refractivity contribution < 1.29 is 9.53 Å². The molecular weight excluding hydrogens is 319 g/mol. The third-order valence-corrected chi connectivity index (χ3v) is 2.70. The van der Waals surface area contributed by atoms with Gasteiger partial charge in [-0.05, 0) is 41.6 Å². The van der Waals surface area contributed by atoms with Crippen LogP contribution in [0.1, 0.15) is 6.92 Å². The van der Waals surface area contributed by atoms with Crippen molar-refractivity contribution in [2.75, 3.05) is 11.9 Å². The van der Waals surface area contributed by atoms with Crippen LogP contribution < -0.4 is 5.32 Å². The number of carbonyl (C=O) groups is 1. The number of carbonyl (C=O) groups excluding carboxylic acids is 1. The minimum Gasteiger partial charge on any atom is -0.365 e. The van der Waals surface area contributed by atoms with E-state index in [1.807, 2.05) is 12.1 Å². The molecule has 5 heteroatoms. The highest BCUT2D eigenvalue weighted by molar-refractivity contribution is 14.1. The molecule has 0 aliphatic rings.